The number of alkyl halides is 3. The number of likely N-dealkylation sites (tertiary alicyclic amines) is 1. The quantitative estimate of drug-likeness (QED) is 0.345. The van der Waals surface area contributed by atoms with E-state index in [2.05, 4.69) is 4.98 Å². The molecule has 0 radical (unpaired) electrons. The van der Waals surface area contributed by atoms with Crippen LogP contribution in [0.25, 0.3) is 22.2 Å². The van der Waals surface area contributed by atoms with E-state index >= 15 is 0 Å². The molecule has 1 fully saturated rings. The first-order chi connectivity index (χ1) is 15.8. The van der Waals surface area contributed by atoms with E-state index < -0.39 is 11.7 Å². The number of halogens is 3. The third kappa shape index (κ3) is 4.11. The van der Waals surface area contributed by atoms with Gasteiger partial charge in [0, 0.05) is 23.1 Å². The van der Waals surface area contributed by atoms with Gasteiger partial charge in [0.15, 0.2) is 0 Å². The highest BCUT2D eigenvalue weighted by Crippen LogP contribution is 2.35. The van der Waals surface area contributed by atoms with Crippen molar-refractivity contribution in [2.45, 2.75) is 32.0 Å². The van der Waals surface area contributed by atoms with Crippen LogP contribution in [-0.2, 0) is 6.18 Å². The molecule has 0 saturated carbocycles. The molecule has 1 aliphatic heterocycles. The van der Waals surface area contributed by atoms with E-state index in [-0.39, 0.29) is 11.9 Å². The molecule has 2 aromatic carbocycles. The molecule has 4 aromatic rings. The van der Waals surface area contributed by atoms with Crippen LogP contribution in [0.15, 0.2) is 71.1 Å². The van der Waals surface area contributed by atoms with Crippen LogP contribution in [0.1, 0.15) is 46.3 Å². The second-order valence-electron chi connectivity index (χ2n) is 8.29. The van der Waals surface area contributed by atoms with Gasteiger partial charge in [-0.2, -0.15) is 13.2 Å². The zero-order valence-electron chi connectivity index (χ0n) is 17.9. The average molecular weight is 450 g/mol. The molecule has 4 nitrogen and oxygen atoms in total. The SMILES string of the molecule is Cc1cc2cc(C(=O)N3CCCC3c3cccc(-c4cccc(C(F)(F)F)c4)n3)ccc2o1. The molecule has 168 valence electrons. The fourth-order valence-electron chi connectivity index (χ4n) is 4.44. The third-order valence-electron chi connectivity index (χ3n) is 6.00. The average Bonchev–Trinajstić information content (AvgIpc) is 3.43. The number of aryl methyl sites for hydroxylation is 1. The minimum absolute atomic E-state index is 0.0930. The summed E-state index contributed by atoms with van der Waals surface area (Å²) < 4.78 is 45.0. The van der Waals surface area contributed by atoms with E-state index in [0.29, 0.717) is 29.1 Å². The Balaban J connectivity index is 1.45. The number of carbonyl (C=O) groups excluding carboxylic acids is 1. The number of aromatic nitrogens is 1. The van der Waals surface area contributed by atoms with Crippen molar-refractivity contribution in [2.75, 3.05) is 6.54 Å². The zero-order valence-corrected chi connectivity index (χ0v) is 17.9. The normalized spacial score (nSPS) is 16.5. The van der Waals surface area contributed by atoms with Crippen LogP contribution >= 0.6 is 0 Å². The van der Waals surface area contributed by atoms with E-state index in [1.807, 2.05) is 25.1 Å². The highest BCUT2D eigenvalue weighted by molar-refractivity contribution is 5.98. The van der Waals surface area contributed by atoms with E-state index in [1.165, 1.54) is 6.07 Å². The van der Waals surface area contributed by atoms with Gasteiger partial charge >= 0.3 is 6.18 Å². The molecule has 0 spiro atoms. The lowest BCUT2D eigenvalue weighted by molar-refractivity contribution is -0.137. The van der Waals surface area contributed by atoms with Crippen molar-refractivity contribution >= 4 is 16.9 Å². The molecular formula is C26H21F3N2O2. The number of pyridine rings is 1. The van der Waals surface area contributed by atoms with Crippen LogP contribution in [0.2, 0.25) is 0 Å². The molecule has 7 heteroatoms. The Morgan fingerprint density at radius 2 is 1.88 bits per heavy atom. The Kier molecular flexibility index (Phi) is 5.19. The maximum absolute atomic E-state index is 13.3. The lowest BCUT2D eigenvalue weighted by Crippen LogP contribution is -2.31. The van der Waals surface area contributed by atoms with Gasteiger partial charge in [-0.3, -0.25) is 9.78 Å². The van der Waals surface area contributed by atoms with Crippen molar-refractivity contribution in [3.05, 3.63) is 89.3 Å². The number of rotatable bonds is 3. The summed E-state index contributed by atoms with van der Waals surface area (Å²) in [6.45, 7) is 2.46. The first kappa shape index (κ1) is 21.2. The van der Waals surface area contributed by atoms with Gasteiger partial charge < -0.3 is 9.32 Å². The molecule has 1 atom stereocenters. The summed E-state index contributed by atoms with van der Waals surface area (Å²) >= 11 is 0. The van der Waals surface area contributed by atoms with E-state index in [4.69, 9.17) is 4.42 Å². The Morgan fingerprint density at radius 1 is 1.06 bits per heavy atom. The number of hydrogen-bond donors (Lipinski definition) is 0. The van der Waals surface area contributed by atoms with Gasteiger partial charge in [-0.15, -0.1) is 0 Å². The number of benzene rings is 2. The molecule has 1 aliphatic rings. The Labute approximate surface area is 188 Å². The van der Waals surface area contributed by atoms with Crippen molar-refractivity contribution in [3.63, 3.8) is 0 Å². The standard InChI is InChI=1S/C26H21F3N2O2/c1-16-13-19-14-18(10-11-24(19)33-16)25(32)31-12-4-9-23(31)22-8-3-7-21(30-22)17-5-2-6-20(15-17)26(27,28)29/h2-3,5-8,10-11,13-15,23H,4,9,12H2,1H3. The van der Waals surface area contributed by atoms with Crippen LogP contribution in [-0.4, -0.2) is 22.3 Å². The van der Waals surface area contributed by atoms with Crippen LogP contribution in [0.4, 0.5) is 13.2 Å². The smallest absolute Gasteiger partial charge is 0.416 e. The molecule has 0 aliphatic carbocycles. The van der Waals surface area contributed by atoms with Gasteiger partial charge in [0.25, 0.3) is 5.91 Å². The maximum atomic E-state index is 13.3. The van der Waals surface area contributed by atoms with Crippen molar-refractivity contribution < 1.29 is 22.4 Å². The minimum Gasteiger partial charge on any atom is -0.461 e. The molecule has 5 rings (SSSR count). The molecule has 1 amide bonds. The lowest BCUT2D eigenvalue weighted by atomic mass is 10.0. The highest BCUT2D eigenvalue weighted by atomic mass is 19.4. The molecular weight excluding hydrogens is 429 g/mol. The second-order valence-corrected chi connectivity index (χ2v) is 8.29. The summed E-state index contributed by atoms with van der Waals surface area (Å²) in [4.78, 5) is 19.8. The van der Waals surface area contributed by atoms with Crippen molar-refractivity contribution in [3.8, 4) is 11.3 Å². The van der Waals surface area contributed by atoms with Gasteiger partial charge in [-0.05, 0) is 68.3 Å². The van der Waals surface area contributed by atoms with E-state index in [0.717, 1.165) is 41.7 Å². The molecule has 33 heavy (non-hydrogen) atoms. The molecule has 0 bridgehead atoms. The highest BCUT2D eigenvalue weighted by Gasteiger charge is 2.33. The fourth-order valence-corrected chi connectivity index (χ4v) is 4.44. The minimum atomic E-state index is -4.42. The molecule has 1 saturated heterocycles. The number of nitrogens with zero attached hydrogens (tertiary/aromatic N) is 2. The Bertz CT molecular complexity index is 1340. The van der Waals surface area contributed by atoms with Gasteiger partial charge in [-0.25, -0.2) is 0 Å². The number of furan rings is 1. The second kappa shape index (κ2) is 8.06. The van der Waals surface area contributed by atoms with Gasteiger partial charge in [0.2, 0.25) is 0 Å². The summed E-state index contributed by atoms with van der Waals surface area (Å²) in [6, 6.07) is 17.5. The molecule has 2 aromatic heterocycles. The first-order valence-corrected chi connectivity index (χ1v) is 10.8. The molecule has 1 unspecified atom stereocenters. The summed E-state index contributed by atoms with van der Waals surface area (Å²) in [5.41, 5.74) is 2.11. The number of carbonyl (C=O) groups is 1. The summed E-state index contributed by atoms with van der Waals surface area (Å²) in [6.07, 6.45) is -2.84. The number of amides is 1. The van der Waals surface area contributed by atoms with Gasteiger partial charge in [-0.1, -0.05) is 18.2 Å². The predicted octanol–water partition coefficient (Wildman–Crippen LogP) is 6.80. The summed E-state index contributed by atoms with van der Waals surface area (Å²) in [5.74, 6) is 0.689. The van der Waals surface area contributed by atoms with E-state index in [9.17, 15) is 18.0 Å². The topological polar surface area (TPSA) is 46.3 Å². The number of fused-ring (bicyclic) bond motifs is 1. The summed E-state index contributed by atoms with van der Waals surface area (Å²) in [5, 5.41) is 0.874. The third-order valence-corrected chi connectivity index (χ3v) is 6.00. The van der Waals surface area contributed by atoms with Crippen LogP contribution in [0.5, 0.6) is 0 Å². The summed E-state index contributed by atoms with van der Waals surface area (Å²) in [7, 11) is 0. The predicted molar refractivity (Wildman–Crippen MR) is 119 cm³/mol. The van der Waals surface area contributed by atoms with Crippen molar-refractivity contribution in [1.82, 2.24) is 9.88 Å². The van der Waals surface area contributed by atoms with Crippen molar-refractivity contribution in [2.24, 2.45) is 0 Å². The Hall–Kier alpha value is -3.61. The molecule has 0 N–H and O–H groups in total. The first-order valence-electron chi connectivity index (χ1n) is 10.8. The Morgan fingerprint density at radius 3 is 2.70 bits per heavy atom. The maximum Gasteiger partial charge on any atom is 0.416 e. The van der Waals surface area contributed by atoms with Gasteiger partial charge in [0.05, 0.1) is 23.0 Å². The lowest BCUT2D eigenvalue weighted by Gasteiger charge is -2.25. The van der Waals surface area contributed by atoms with Crippen LogP contribution < -0.4 is 0 Å². The fraction of sp³-hybridized carbons (Fsp3) is 0.231. The van der Waals surface area contributed by atoms with E-state index in [1.54, 1.807) is 35.2 Å². The van der Waals surface area contributed by atoms with Crippen LogP contribution in [0, 0.1) is 6.92 Å². The van der Waals surface area contributed by atoms with Crippen LogP contribution in [0.3, 0.4) is 0 Å². The van der Waals surface area contributed by atoms with Gasteiger partial charge in [0.1, 0.15) is 11.3 Å². The largest absolute Gasteiger partial charge is 0.461 e. The molecule has 3 heterocycles. The van der Waals surface area contributed by atoms with Crippen molar-refractivity contribution in [1.29, 1.82) is 0 Å². The monoisotopic (exact) mass is 450 g/mol. The number of hydrogen-bond acceptors (Lipinski definition) is 3. The zero-order chi connectivity index (χ0) is 23.2.